The second kappa shape index (κ2) is 6.53. The van der Waals surface area contributed by atoms with Crippen molar-refractivity contribution in [3.05, 3.63) is 61.4 Å². The molecule has 0 aliphatic rings. The van der Waals surface area contributed by atoms with Gasteiger partial charge in [0.15, 0.2) is 0 Å². The molecule has 0 bridgehead atoms. The molecule has 0 spiro atoms. The van der Waals surface area contributed by atoms with Gasteiger partial charge in [-0.25, -0.2) is 4.68 Å². The highest BCUT2D eigenvalue weighted by molar-refractivity contribution is 7.20. The lowest BCUT2D eigenvalue weighted by molar-refractivity contribution is 0.102. The number of nitrogens with one attached hydrogen (secondary N) is 1. The van der Waals surface area contributed by atoms with E-state index in [1.807, 2.05) is 19.1 Å². The average molecular weight is 387 g/mol. The molecule has 2 heterocycles. The number of aromatic nitrogens is 2. The van der Waals surface area contributed by atoms with Crippen molar-refractivity contribution in [2.24, 2.45) is 0 Å². The third-order valence-electron chi connectivity index (χ3n) is 3.03. The zero-order valence-electron chi connectivity index (χ0n) is 11.8. The summed E-state index contributed by atoms with van der Waals surface area (Å²) in [6.07, 6.45) is 0. The van der Waals surface area contributed by atoms with Crippen molar-refractivity contribution >= 4 is 57.9 Å². The van der Waals surface area contributed by atoms with E-state index in [1.54, 1.807) is 22.9 Å². The van der Waals surface area contributed by atoms with Crippen LogP contribution in [-0.2, 0) is 0 Å². The first-order valence-electron chi connectivity index (χ1n) is 6.53. The molecule has 0 unspecified atom stereocenters. The third-order valence-corrected chi connectivity index (χ3v) is 4.75. The monoisotopic (exact) mass is 385 g/mol. The summed E-state index contributed by atoms with van der Waals surface area (Å²) >= 11 is 19.1. The lowest BCUT2D eigenvalue weighted by Crippen LogP contribution is -2.14. The molecule has 1 amide bonds. The fraction of sp³-hybridized carbons (Fsp3) is 0.0667. The Morgan fingerprint density at radius 2 is 2.00 bits per heavy atom. The topological polar surface area (TPSA) is 46.9 Å². The fourth-order valence-electron chi connectivity index (χ4n) is 2.07. The molecule has 0 aliphatic heterocycles. The summed E-state index contributed by atoms with van der Waals surface area (Å²) in [5, 5.41) is 7.77. The van der Waals surface area contributed by atoms with E-state index < -0.39 is 0 Å². The molecular formula is C15H10Cl3N3OS. The predicted octanol–water partition coefficient (Wildman–Crippen LogP) is 5.45. The van der Waals surface area contributed by atoms with Crippen LogP contribution >= 0.6 is 46.1 Å². The Balaban J connectivity index is 1.95. The van der Waals surface area contributed by atoms with Crippen molar-refractivity contribution < 1.29 is 4.79 Å². The largest absolute Gasteiger partial charge is 0.306 e. The first kappa shape index (κ1) is 16.3. The van der Waals surface area contributed by atoms with Gasteiger partial charge in [0.05, 0.1) is 21.3 Å². The number of hydrogen-bond donors (Lipinski definition) is 1. The van der Waals surface area contributed by atoms with Crippen molar-refractivity contribution in [2.75, 3.05) is 5.32 Å². The molecule has 1 N–H and O–H groups in total. The summed E-state index contributed by atoms with van der Waals surface area (Å²) < 4.78 is 2.42. The van der Waals surface area contributed by atoms with Gasteiger partial charge >= 0.3 is 0 Å². The van der Waals surface area contributed by atoms with Gasteiger partial charge in [0.25, 0.3) is 5.91 Å². The molecule has 4 nitrogen and oxygen atoms in total. The summed E-state index contributed by atoms with van der Waals surface area (Å²) in [4.78, 5) is 12.4. The molecule has 8 heteroatoms. The number of aryl methyl sites for hydroxylation is 1. The Bertz CT molecular complexity index is 888. The molecule has 0 atom stereocenters. The highest BCUT2D eigenvalue weighted by atomic mass is 35.5. The molecular weight excluding hydrogens is 377 g/mol. The maximum Gasteiger partial charge on any atom is 0.259 e. The van der Waals surface area contributed by atoms with Crippen molar-refractivity contribution in [3.63, 3.8) is 0 Å². The average Bonchev–Trinajstić information content (AvgIpc) is 3.01. The number of benzene rings is 1. The van der Waals surface area contributed by atoms with Crippen molar-refractivity contribution in [1.82, 2.24) is 9.78 Å². The number of amides is 1. The summed E-state index contributed by atoms with van der Waals surface area (Å²) in [5.41, 5.74) is 1.84. The zero-order chi connectivity index (χ0) is 16.6. The molecule has 0 aliphatic carbocycles. The van der Waals surface area contributed by atoms with Gasteiger partial charge in [-0.2, -0.15) is 5.10 Å². The van der Waals surface area contributed by atoms with Gasteiger partial charge in [0.2, 0.25) is 0 Å². The van der Waals surface area contributed by atoms with E-state index in [2.05, 4.69) is 10.4 Å². The van der Waals surface area contributed by atoms with E-state index in [-0.39, 0.29) is 5.91 Å². The third kappa shape index (κ3) is 3.53. The first-order chi connectivity index (χ1) is 10.9. The minimum absolute atomic E-state index is 0.332. The van der Waals surface area contributed by atoms with E-state index >= 15 is 0 Å². The van der Waals surface area contributed by atoms with Crippen LogP contribution in [0.2, 0.25) is 13.7 Å². The van der Waals surface area contributed by atoms with Gasteiger partial charge in [-0.3, -0.25) is 4.79 Å². The number of anilines is 1. The van der Waals surface area contributed by atoms with Crippen LogP contribution in [0.5, 0.6) is 0 Å². The number of carbonyl (C=O) groups is 1. The minimum atomic E-state index is -0.346. The van der Waals surface area contributed by atoms with Crippen LogP contribution in [0.1, 0.15) is 16.1 Å². The van der Waals surface area contributed by atoms with E-state index in [1.165, 1.54) is 6.07 Å². The van der Waals surface area contributed by atoms with Crippen LogP contribution in [0.15, 0.2) is 36.4 Å². The van der Waals surface area contributed by atoms with Gasteiger partial charge in [0, 0.05) is 11.1 Å². The number of halogens is 3. The molecule has 0 saturated heterocycles. The van der Waals surface area contributed by atoms with Gasteiger partial charge in [-0.1, -0.05) is 40.9 Å². The Hall–Kier alpha value is -1.53. The standard InChI is InChI=1S/C15H10Cl3N3OS/c1-8-5-13(19-15(22)11-7-12(17)23-14(11)18)21(20-8)10-4-2-3-9(16)6-10/h2-7H,1H3,(H,19,22). The van der Waals surface area contributed by atoms with Crippen LogP contribution < -0.4 is 5.32 Å². The second-order valence-corrected chi connectivity index (χ2v) is 7.48. The normalized spacial score (nSPS) is 10.8. The molecule has 3 rings (SSSR count). The van der Waals surface area contributed by atoms with Crippen molar-refractivity contribution in [1.29, 1.82) is 0 Å². The molecule has 1 aromatic carbocycles. The van der Waals surface area contributed by atoms with E-state index in [9.17, 15) is 4.79 Å². The highest BCUT2D eigenvalue weighted by Gasteiger charge is 2.17. The van der Waals surface area contributed by atoms with Gasteiger partial charge < -0.3 is 5.32 Å². The van der Waals surface area contributed by atoms with Crippen molar-refractivity contribution in [2.45, 2.75) is 6.92 Å². The van der Waals surface area contributed by atoms with Crippen LogP contribution in [0, 0.1) is 6.92 Å². The van der Waals surface area contributed by atoms with Crippen molar-refractivity contribution in [3.8, 4) is 5.69 Å². The first-order valence-corrected chi connectivity index (χ1v) is 8.48. The van der Waals surface area contributed by atoms with Gasteiger partial charge in [-0.05, 0) is 31.2 Å². The second-order valence-electron chi connectivity index (χ2n) is 4.75. The summed E-state index contributed by atoms with van der Waals surface area (Å²) in [7, 11) is 0. The lowest BCUT2D eigenvalue weighted by atomic mass is 10.3. The zero-order valence-corrected chi connectivity index (χ0v) is 14.9. The maximum absolute atomic E-state index is 12.4. The van der Waals surface area contributed by atoms with E-state index in [0.717, 1.165) is 22.7 Å². The maximum atomic E-state index is 12.4. The number of nitrogens with zero attached hydrogens (tertiary/aromatic N) is 2. The van der Waals surface area contributed by atoms with E-state index in [4.69, 9.17) is 34.8 Å². The molecule has 2 aromatic heterocycles. The lowest BCUT2D eigenvalue weighted by Gasteiger charge is -2.09. The molecule has 0 saturated carbocycles. The van der Waals surface area contributed by atoms with Crippen LogP contribution in [0.3, 0.4) is 0 Å². The number of rotatable bonds is 3. The Morgan fingerprint density at radius 1 is 1.22 bits per heavy atom. The molecule has 0 radical (unpaired) electrons. The summed E-state index contributed by atoms with van der Waals surface area (Å²) in [6.45, 7) is 1.84. The fourth-order valence-corrected chi connectivity index (χ4v) is 3.71. The number of hydrogen-bond acceptors (Lipinski definition) is 3. The van der Waals surface area contributed by atoms with Gasteiger partial charge in [0.1, 0.15) is 10.2 Å². The molecule has 0 fully saturated rings. The summed E-state index contributed by atoms with van der Waals surface area (Å²) in [6, 6.07) is 10.5. The Morgan fingerprint density at radius 3 is 2.65 bits per heavy atom. The Labute approximate surface area is 151 Å². The molecule has 3 aromatic rings. The Kier molecular flexibility index (Phi) is 4.64. The predicted molar refractivity (Wildman–Crippen MR) is 95.6 cm³/mol. The molecule has 118 valence electrons. The van der Waals surface area contributed by atoms with Crippen LogP contribution in [0.4, 0.5) is 5.82 Å². The quantitative estimate of drug-likeness (QED) is 0.650. The summed E-state index contributed by atoms with van der Waals surface area (Å²) in [5.74, 6) is 0.175. The van der Waals surface area contributed by atoms with Crippen LogP contribution in [0.25, 0.3) is 5.69 Å². The minimum Gasteiger partial charge on any atom is -0.306 e. The van der Waals surface area contributed by atoms with Crippen LogP contribution in [-0.4, -0.2) is 15.7 Å². The number of thiophene rings is 1. The van der Waals surface area contributed by atoms with Gasteiger partial charge in [-0.15, -0.1) is 11.3 Å². The number of carbonyl (C=O) groups excluding carboxylic acids is 1. The smallest absolute Gasteiger partial charge is 0.259 e. The van der Waals surface area contributed by atoms with E-state index in [0.29, 0.717) is 25.1 Å². The molecule has 23 heavy (non-hydrogen) atoms. The SMILES string of the molecule is Cc1cc(NC(=O)c2cc(Cl)sc2Cl)n(-c2cccc(Cl)c2)n1. The highest BCUT2D eigenvalue weighted by Crippen LogP contribution is 2.32.